The molecule has 1 N–H and O–H groups in total. The molecule has 1 saturated heterocycles. The summed E-state index contributed by atoms with van der Waals surface area (Å²) in [5, 5.41) is 9.19. The Labute approximate surface area is 97.2 Å². The molecule has 0 saturated carbocycles. The number of nitrogens with zero attached hydrogens (tertiary/aromatic N) is 1. The molecule has 0 unspecified atom stereocenters. The summed E-state index contributed by atoms with van der Waals surface area (Å²) in [5.41, 5.74) is 1.24. The molecule has 0 radical (unpaired) electrons. The molecular formula is C14H19NO. The average molecular weight is 217 g/mol. The molecule has 1 atom stereocenters. The van der Waals surface area contributed by atoms with E-state index in [-0.39, 0.29) is 0 Å². The summed E-state index contributed by atoms with van der Waals surface area (Å²) in [6.45, 7) is 2.35. The van der Waals surface area contributed by atoms with Crippen LogP contribution in [0.2, 0.25) is 0 Å². The van der Waals surface area contributed by atoms with Gasteiger partial charge in [0.25, 0.3) is 0 Å². The van der Waals surface area contributed by atoms with Gasteiger partial charge in [-0.1, -0.05) is 42.5 Å². The number of hydrogen-bond donors (Lipinski definition) is 1. The average Bonchev–Trinajstić information content (AvgIpc) is 2.78. The van der Waals surface area contributed by atoms with Gasteiger partial charge < -0.3 is 5.11 Å². The van der Waals surface area contributed by atoms with Gasteiger partial charge in [0, 0.05) is 12.6 Å². The van der Waals surface area contributed by atoms with Crippen LogP contribution in [0.4, 0.5) is 0 Å². The maximum absolute atomic E-state index is 9.19. The van der Waals surface area contributed by atoms with Crippen LogP contribution in [0.15, 0.2) is 36.4 Å². The second kappa shape index (κ2) is 5.83. The number of likely N-dealkylation sites (tertiary alicyclic amines) is 1. The summed E-state index contributed by atoms with van der Waals surface area (Å²) in [5.74, 6) is 0. The van der Waals surface area contributed by atoms with E-state index in [1.54, 1.807) is 0 Å². The lowest BCUT2D eigenvalue weighted by molar-refractivity contribution is 0.170. The minimum absolute atomic E-state index is 0.291. The van der Waals surface area contributed by atoms with E-state index in [4.69, 9.17) is 0 Å². The summed E-state index contributed by atoms with van der Waals surface area (Å²) in [4.78, 5) is 2.35. The second-order valence-electron chi connectivity index (χ2n) is 4.29. The summed E-state index contributed by atoms with van der Waals surface area (Å²) < 4.78 is 0. The van der Waals surface area contributed by atoms with Gasteiger partial charge in [0.1, 0.15) is 0 Å². The first kappa shape index (κ1) is 11.4. The van der Waals surface area contributed by atoms with Gasteiger partial charge in [-0.15, -0.1) is 0 Å². The lowest BCUT2D eigenvalue weighted by atomic mass is 10.2. The number of benzene rings is 1. The summed E-state index contributed by atoms with van der Waals surface area (Å²) >= 11 is 0. The van der Waals surface area contributed by atoms with Crippen molar-refractivity contribution in [2.24, 2.45) is 0 Å². The van der Waals surface area contributed by atoms with E-state index >= 15 is 0 Å². The normalized spacial score (nSPS) is 21.9. The van der Waals surface area contributed by atoms with E-state index in [9.17, 15) is 5.11 Å². The van der Waals surface area contributed by atoms with Gasteiger partial charge in [-0.3, -0.25) is 4.90 Å². The first-order valence-corrected chi connectivity index (χ1v) is 5.96. The monoisotopic (exact) mass is 217 g/mol. The predicted octanol–water partition coefficient (Wildman–Crippen LogP) is 2.16. The summed E-state index contributed by atoms with van der Waals surface area (Å²) in [6, 6.07) is 10.7. The summed E-state index contributed by atoms with van der Waals surface area (Å²) in [7, 11) is 0. The van der Waals surface area contributed by atoms with Gasteiger partial charge in [0.2, 0.25) is 0 Å². The largest absolute Gasteiger partial charge is 0.395 e. The smallest absolute Gasteiger partial charge is 0.0587 e. The van der Waals surface area contributed by atoms with Gasteiger partial charge in [-0.25, -0.2) is 0 Å². The molecule has 0 spiro atoms. The quantitative estimate of drug-likeness (QED) is 0.835. The molecule has 1 aromatic carbocycles. The molecule has 1 aromatic rings. The fraction of sp³-hybridized carbons (Fsp3) is 0.429. The zero-order valence-corrected chi connectivity index (χ0v) is 9.55. The van der Waals surface area contributed by atoms with Crippen molar-refractivity contribution in [3.05, 3.63) is 42.0 Å². The first-order chi connectivity index (χ1) is 7.90. The fourth-order valence-corrected chi connectivity index (χ4v) is 2.23. The molecule has 0 bridgehead atoms. The third-order valence-corrected chi connectivity index (χ3v) is 3.16. The SMILES string of the molecule is OC[C@@H]1CCCN1CC=Cc1ccccc1. The molecule has 0 aliphatic carbocycles. The number of aliphatic hydroxyl groups excluding tert-OH is 1. The van der Waals surface area contributed by atoms with Crippen LogP contribution in [0.1, 0.15) is 18.4 Å². The number of rotatable bonds is 4. The predicted molar refractivity (Wildman–Crippen MR) is 67.2 cm³/mol. The lowest BCUT2D eigenvalue weighted by Gasteiger charge is -2.20. The molecule has 16 heavy (non-hydrogen) atoms. The minimum atomic E-state index is 0.291. The number of aliphatic hydroxyl groups is 1. The van der Waals surface area contributed by atoms with Crippen molar-refractivity contribution in [1.29, 1.82) is 0 Å². The van der Waals surface area contributed by atoms with Gasteiger partial charge in [-0.05, 0) is 24.9 Å². The van der Waals surface area contributed by atoms with E-state index in [2.05, 4.69) is 29.2 Å². The first-order valence-electron chi connectivity index (χ1n) is 5.96. The van der Waals surface area contributed by atoms with E-state index in [0.717, 1.165) is 19.5 Å². The van der Waals surface area contributed by atoms with Crippen LogP contribution in [0.25, 0.3) is 6.08 Å². The van der Waals surface area contributed by atoms with E-state index < -0.39 is 0 Å². The van der Waals surface area contributed by atoms with Gasteiger partial charge in [0.05, 0.1) is 6.61 Å². The molecule has 1 aliphatic heterocycles. The Kier molecular flexibility index (Phi) is 4.14. The summed E-state index contributed by atoms with van der Waals surface area (Å²) in [6.07, 6.45) is 6.68. The van der Waals surface area contributed by atoms with Crippen molar-refractivity contribution in [1.82, 2.24) is 4.90 Å². The van der Waals surface area contributed by atoms with Gasteiger partial charge >= 0.3 is 0 Å². The Bertz CT molecular complexity index is 334. The van der Waals surface area contributed by atoms with Crippen molar-refractivity contribution in [2.45, 2.75) is 18.9 Å². The molecule has 1 heterocycles. The van der Waals surface area contributed by atoms with E-state index in [1.807, 2.05) is 18.2 Å². The molecule has 0 aromatic heterocycles. The molecule has 2 heteroatoms. The highest BCUT2D eigenvalue weighted by Gasteiger charge is 2.21. The standard InChI is InChI=1S/C14H19NO/c16-12-14-9-5-11-15(14)10-4-8-13-6-2-1-3-7-13/h1-4,6-8,14,16H,5,9-12H2/t14-/m0/s1. The number of hydrogen-bond acceptors (Lipinski definition) is 2. The third-order valence-electron chi connectivity index (χ3n) is 3.16. The van der Waals surface area contributed by atoms with E-state index in [0.29, 0.717) is 12.6 Å². The maximum Gasteiger partial charge on any atom is 0.0587 e. The van der Waals surface area contributed by atoms with Crippen molar-refractivity contribution >= 4 is 6.08 Å². The van der Waals surface area contributed by atoms with Crippen molar-refractivity contribution in [3.8, 4) is 0 Å². The third kappa shape index (κ3) is 2.94. The Morgan fingerprint density at radius 1 is 1.31 bits per heavy atom. The van der Waals surface area contributed by atoms with Crippen LogP contribution >= 0.6 is 0 Å². The molecule has 0 amide bonds. The molecule has 1 aliphatic rings. The highest BCUT2D eigenvalue weighted by molar-refractivity contribution is 5.48. The zero-order valence-electron chi connectivity index (χ0n) is 9.55. The Hall–Kier alpha value is -1.12. The fourth-order valence-electron chi connectivity index (χ4n) is 2.23. The Balaban J connectivity index is 1.85. The molecule has 2 nitrogen and oxygen atoms in total. The van der Waals surface area contributed by atoms with Crippen LogP contribution in [0.3, 0.4) is 0 Å². The van der Waals surface area contributed by atoms with E-state index in [1.165, 1.54) is 12.0 Å². The van der Waals surface area contributed by atoms with Crippen molar-refractivity contribution < 1.29 is 5.11 Å². The molecule has 2 rings (SSSR count). The van der Waals surface area contributed by atoms with Crippen LogP contribution in [0, 0.1) is 0 Å². The molecule has 86 valence electrons. The second-order valence-corrected chi connectivity index (χ2v) is 4.29. The highest BCUT2D eigenvalue weighted by Crippen LogP contribution is 2.16. The topological polar surface area (TPSA) is 23.5 Å². The van der Waals surface area contributed by atoms with Crippen LogP contribution < -0.4 is 0 Å². The zero-order chi connectivity index (χ0) is 11.2. The Morgan fingerprint density at radius 2 is 2.12 bits per heavy atom. The highest BCUT2D eigenvalue weighted by atomic mass is 16.3. The molecular weight excluding hydrogens is 198 g/mol. The lowest BCUT2D eigenvalue weighted by Crippen LogP contribution is -2.32. The van der Waals surface area contributed by atoms with Crippen molar-refractivity contribution in [3.63, 3.8) is 0 Å². The van der Waals surface area contributed by atoms with Gasteiger partial charge in [0.15, 0.2) is 0 Å². The van der Waals surface area contributed by atoms with Gasteiger partial charge in [-0.2, -0.15) is 0 Å². The van der Waals surface area contributed by atoms with Crippen LogP contribution in [-0.2, 0) is 0 Å². The van der Waals surface area contributed by atoms with Crippen LogP contribution in [0.5, 0.6) is 0 Å². The van der Waals surface area contributed by atoms with Crippen LogP contribution in [-0.4, -0.2) is 35.7 Å². The van der Waals surface area contributed by atoms with Crippen molar-refractivity contribution in [2.75, 3.05) is 19.7 Å². The molecule has 1 fully saturated rings. The maximum atomic E-state index is 9.19. The Morgan fingerprint density at radius 3 is 2.88 bits per heavy atom. The minimum Gasteiger partial charge on any atom is -0.395 e.